The molecule has 202 valence electrons. The third-order valence-electron chi connectivity index (χ3n) is 7.84. The number of benzene rings is 1. The topological polar surface area (TPSA) is 58.3 Å². The zero-order valence-corrected chi connectivity index (χ0v) is 23.8. The summed E-state index contributed by atoms with van der Waals surface area (Å²) in [4.78, 5) is 14.0. The zero-order valence-electron chi connectivity index (χ0n) is 23.1. The highest BCUT2D eigenvalue weighted by Crippen LogP contribution is 2.38. The molecule has 6 heteroatoms. The van der Waals surface area contributed by atoms with Gasteiger partial charge in [0.2, 0.25) is 0 Å². The molecule has 1 unspecified atom stereocenters. The Labute approximate surface area is 233 Å². The van der Waals surface area contributed by atoms with Crippen molar-refractivity contribution in [3.8, 4) is 0 Å². The second kappa shape index (κ2) is 13.4. The lowest BCUT2D eigenvalue weighted by molar-refractivity contribution is 0.182. The van der Waals surface area contributed by atoms with Crippen molar-refractivity contribution >= 4 is 28.6 Å². The van der Waals surface area contributed by atoms with Crippen molar-refractivity contribution in [2.45, 2.75) is 57.9 Å². The van der Waals surface area contributed by atoms with Crippen LogP contribution in [0.1, 0.15) is 66.6 Å². The van der Waals surface area contributed by atoms with E-state index in [9.17, 15) is 0 Å². The fourth-order valence-electron chi connectivity index (χ4n) is 5.34. The summed E-state index contributed by atoms with van der Waals surface area (Å²) in [5, 5.41) is 1.88. The van der Waals surface area contributed by atoms with Crippen LogP contribution in [0, 0.1) is 0 Å². The van der Waals surface area contributed by atoms with Crippen LogP contribution in [0.5, 0.6) is 0 Å². The quantitative estimate of drug-likeness (QED) is 0.372. The monoisotopic (exact) mass is 531 g/mol. The van der Waals surface area contributed by atoms with Crippen molar-refractivity contribution in [1.82, 2.24) is 19.8 Å². The first-order valence-electron chi connectivity index (χ1n) is 13.9. The molecule has 38 heavy (non-hydrogen) atoms. The molecule has 0 spiro atoms. The second-order valence-corrected chi connectivity index (χ2v) is 10.9. The van der Waals surface area contributed by atoms with Crippen molar-refractivity contribution in [2.75, 3.05) is 33.2 Å². The van der Waals surface area contributed by atoms with Gasteiger partial charge in [-0.1, -0.05) is 56.3 Å². The van der Waals surface area contributed by atoms with Gasteiger partial charge in [0.15, 0.2) is 0 Å². The van der Waals surface area contributed by atoms with Crippen LogP contribution in [0.2, 0.25) is 5.02 Å². The molecule has 1 saturated heterocycles. The Hall–Kier alpha value is -2.73. The lowest BCUT2D eigenvalue weighted by atomic mass is 9.82. The molecular weight excluding hydrogens is 490 g/mol. The minimum absolute atomic E-state index is 0.435. The number of hydrogen-bond acceptors (Lipinski definition) is 5. The van der Waals surface area contributed by atoms with Crippen molar-refractivity contribution in [2.24, 2.45) is 5.73 Å². The largest absolute Gasteiger partial charge is 0.373 e. The van der Waals surface area contributed by atoms with Gasteiger partial charge in [0, 0.05) is 55.7 Å². The van der Waals surface area contributed by atoms with E-state index in [-0.39, 0.29) is 0 Å². The standard InChI is InChI=1S/C21H20ClN3.C11H22N2/c1-2-13-3-5-17-19(9-13)25-20-11-14(4-6-18(20)21(17)22)15-7-8-24-16(10-15)12-23;1-4-5-6-11(2)13-9-7-12(3)8-10-13/h2-3,5,7-10,14H,1,4,6,11-12,23H2;2,4-10H2,1,3H3. The van der Waals surface area contributed by atoms with Gasteiger partial charge < -0.3 is 15.5 Å². The van der Waals surface area contributed by atoms with Crippen LogP contribution in [-0.2, 0) is 19.4 Å². The van der Waals surface area contributed by atoms with Crippen LogP contribution >= 0.6 is 11.6 Å². The summed E-state index contributed by atoms with van der Waals surface area (Å²) in [6, 6.07) is 10.3. The molecule has 5 rings (SSSR count). The van der Waals surface area contributed by atoms with Gasteiger partial charge in [0.1, 0.15) is 0 Å². The van der Waals surface area contributed by atoms with Gasteiger partial charge in [0.25, 0.3) is 0 Å². The summed E-state index contributed by atoms with van der Waals surface area (Å²) < 4.78 is 0. The van der Waals surface area contributed by atoms with E-state index in [1.54, 1.807) is 0 Å². The molecular formula is C32H42ClN5. The van der Waals surface area contributed by atoms with Crippen molar-refractivity contribution in [3.05, 3.63) is 88.5 Å². The highest BCUT2D eigenvalue weighted by atomic mass is 35.5. The van der Waals surface area contributed by atoms with E-state index in [1.807, 2.05) is 24.4 Å². The number of piperazine rings is 1. The molecule has 0 saturated carbocycles. The second-order valence-electron chi connectivity index (χ2n) is 10.5. The lowest BCUT2D eigenvalue weighted by Crippen LogP contribution is -2.43. The average Bonchev–Trinajstić information content (AvgIpc) is 2.96. The Morgan fingerprint density at radius 3 is 2.68 bits per heavy atom. The van der Waals surface area contributed by atoms with E-state index in [0.29, 0.717) is 12.5 Å². The van der Waals surface area contributed by atoms with Gasteiger partial charge in [-0.05, 0) is 80.0 Å². The Bertz CT molecular complexity index is 1260. The molecule has 0 amide bonds. The van der Waals surface area contributed by atoms with E-state index in [2.05, 4.69) is 60.1 Å². The van der Waals surface area contributed by atoms with Crippen LogP contribution in [-0.4, -0.2) is 53.0 Å². The van der Waals surface area contributed by atoms with Crippen LogP contribution in [0.3, 0.4) is 0 Å². The fraction of sp³-hybridized carbons (Fsp3) is 0.438. The predicted octanol–water partition coefficient (Wildman–Crippen LogP) is 6.60. The van der Waals surface area contributed by atoms with Crippen LogP contribution in [0.15, 0.2) is 55.4 Å². The molecule has 3 heterocycles. The normalized spacial score (nSPS) is 17.5. The van der Waals surface area contributed by atoms with Gasteiger partial charge in [-0.25, -0.2) is 0 Å². The number of pyridine rings is 2. The molecule has 0 radical (unpaired) electrons. The van der Waals surface area contributed by atoms with Gasteiger partial charge in [-0.3, -0.25) is 9.97 Å². The third kappa shape index (κ3) is 6.82. The van der Waals surface area contributed by atoms with Gasteiger partial charge in [0.05, 0.1) is 16.2 Å². The predicted molar refractivity (Wildman–Crippen MR) is 161 cm³/mol. The third-order valence-corrected chi connectivity index (χ3v) is 8.27. The first kappa shape index (κ1) is 28.3. The number of aromatic nitrogens is 2. The average molecular weight is 532 g/mol. The molecule has 3 aromatic rings. The number of likely N-dealkylation sites (N-methyl/N-ethyl adjacent to an activating group) is 1. The maximum Gasteiger partial charge on any atom is 0.0726 e. The minimum Gasteiger partial charge on any atom is -0.373 e. The van der Waals surface area contributed by atoms with Crippen molar-refractivity contribution in [3.63, 3.8) is 0 Å². The summed E-state index contributed by atoms with van der Waals surface area (Å²) in [5.74, 6) is 0.435. The molecule has 5 nitrogen and oxygen atoms in total. The number of nitrogens with zero attached hydrogens (tertiary/aromatic N) is 4. The first-order chi connectivity index (χ1) is 18.4. The maximum absolute atomic E-state index is 6.70. The fourth-order valence-corrected chi connectivity index (χ4v) is 5.70. The van der Waals surface area contributed by atoms with Crippen molar-refractivity contribution < 1.29 is 0 Å². The minimum atomic E-state index is 0.435. The van der Waals surface area contributed by atoms with Crippen molar-refractivity contribution in [1.29, 1.82) is 0 Å². The number of fused-ring (bicyclic) bond motifs is 2. The summed E-state index contributed by atoms with van der Waals surface area (Å²) >= 11 is 6.70. The van der Waals surface area contributed by atoms with E-state index in [1.165, 1.54) is 62.3 Å². The molecule has 2 aliphatic rings. The van der Waals surface area contributed by atoms with E-state index in [0.717, 1.165) is 52.1 Å². The molecule has 2 N–H and O–H groups in total. The number of rotatable bonds is 7. The van der Waals surface area contributed by atoms with E-state index < -0.39 is 0 Å². The molecule has 1 fully saturated rings. The number of allylic oxidation sites excluding steroid dienone is 1. The lowest BCUT2D eigenvalue weighted by Gasteiger charge is -2.35. The maximum atomic E-state index is 6.70. The van der Waals surface area contributed by atoms with Gasteiger partial charge >= 0.3 is 0 Å². The van der Waals surface area contributed by atoms with E-state index in [4.69, 9.17) is 22.3 Å². The zero-order chi connectivity index (χ0) is 27.1. The Morgan fingerprint density at radius 2 is 1.97 bits per heavy atom. The summed E-state index contributed by atoms with van der Waals surface area (Å²) in [7, 11) is 2.19. The number of nitrogens with two attached hydrogens (primary N) is 1. The summed E-state index contributed by atoms with van der Waals surface area (Å²) in [6.45, 7) is 15.4. The Morgan fingerprint density at radius 1 is 1.18 bits per heavy atom. The van der Waals surface area contributed by atoms with Crippen LogP contribution in [0.4, 0.5) is 0 Å². The summed E-state index contributed by atoms with van der Waals surface area (Å²) in [6.07, 6.45) is 10.3. The molecule has 1 aliphatic heterocycles. The highest BCUT2D eigenvalue weighted by molar-refractivity contribution is 6.36. The van der Waals surface area contributed by atoms with Gasteiger partial charge in [-0.15, -0.1) is 0 Å². The van der Waals surface area contributed by atoms with Crippen LogP contribution < -0.4 is 5.73 Å². The SMILES string of the molecule is C=C(CCCC)N1CCN(C)CC1.C=Cc1ccc2c(Cl)c3c(nc2c1)CC(c1ccnc(CN)c1)CC3. The molecule has 2 aromatic heterocycles. The van der Waals surface area contributed by atoms with E-state index >= 15 is 0 Å². The molecule has 1 aromatic carbocycles. The molecule has 0 bridgehead atoms. The Kier molecular flexibility index (Phi) is 9.95. The smallest absolute Gasteiger partial charge is 0.0726 e. The van der Waals surface area contributed by atoms with Crippen LogP contribution in [0.25, 0.3) is 17.0 Å². The number of unbranched alkanes of at least 4 members (excludes halogenated alkanes) is 1. The summed E-state index contributed by atoms with van der Waals surface area (Å²) in [5.41, 5.74) is 13.6. The Balaban J connectivity index is 0.000000219. The number of halogens is 1. The number of hydrogen-bond donors (Lipinski definition) is 1. The van der Waals surface area contributed by atoms with Gasteiger partial charge in [-0.2, -0.15) is 0 Å². The molecule has 1 aliphatic carbocycles. The molecule has 1 atom stereocenters. The highest BCUT2D eigenvalue weighted by Gasteiger charge is 2.25. The first-order valence-corrected chi connectivity index (χ1v) is 14.3.